The molecule has 0 spiro atoms. The quantitative estimate of drug-likeness (QED) is 0.733. The van der Waals surface area contributed by atoms with Gasteiger partial charge in [0, 0.05) is 17.6 Å². The van der Waals surface area contributed by atoms with Gasteiger partial charge >= 0.3 is 0 Å². The Morgan fingerprint density at radius 1 is 1.12 bits per heavy atom. The second kappa shape index (κ2) is 7.90. The molecule has 2 aromatic carbocycles. The topological polar surface area (TPSA) is 90.7 Å². The molecule has 0 aliphatic rings. The van der Waals surface area contributed by atoms with E-state index in [1.165, 1.54) is 17.8 Å². The maximum atomic E-state index is 12.4. The van der Waals surface area contributed by atoms with Crippen LogP contribution in [-0.2, 0) is 6.42 Å². The van der Waals surface area contributed by atoms with Crippen molar-refractivity contribution in [2.24, 2.45) is 0 Å². The lowest BCUT2D eigenvalue weighted by Crippen LogP contribution is -2.14. The van der Waals surface area contributed by atoms with Gasteiger partial charge in [-0.2, -0.15) is 5.26 Å². The van der Waals surface area contributed by atoms with Crippen LogP contribution in [0.4, 0.5) is 17.3 Å². The number of nitrogens with one attached hydrogen (secondary N) is 2. The van der Waals surface area contributed by atoms with Crippen LogP contribution < -0.4 is 10.6 Å². The average molecular weight is 343 g/mol. The summed E-state index contributed by atoms with van der Waals surface area (Å²) in [6.07, 6.45) is 2.50. The first-order valence-corrected chi connectivity index (χ1v) is 8.18. The van der Waals surface area contributed by atoms with Crippen LogP contribution in [-0.4, -0.2) is 15.9 Å². The molecule has 2 N–H and O–H groups in total. The van der Waals surface area contributed by atoms with E-state index in [2.05, 4.69) is 27.5 Å². The van der Waals surface area contributed by atoms with Crippen LogP contribution in [0.1, 0.15) is 28.5 Å². The molecule has 0 fully saturated rings. The second-order valence-corrected chi connectivity index (χ2v) is 5.59. The number of hydrogen-bond acceptors (Lipinski definition) is 5. The molecule has 0 atom stereocenters. The molecular weight excluding hydrogens is 326 g/mol. The van der Waals surface area contributed by atoms with Gasteiger partial charge in [0.25, 0.3) is 5.91 Å². The number of anilines is 3. The maximum absolute atomic E-state index is 12.4. The molecule has 128 valence electrons. The molecule has 0 radical (unpaired) electrons. The van der Waals surface area contributed by atoms with Crippen molar-refractivity contribution in [1.82, 2.24) is 9.97 Å². The number of hydrogen-bond donors (Lipinski definition) is 2. The zero-order valence-corrected chi connectivity index (χ0v) is 14.2. The van der Waals surface area contributed by atoms with Crippen LogP contribution in [0.2, 0.25) is 0 Å². The van der Waals surface area contributed by atoms with Gasteiger partial charge in [0.15, 0.2) is 0 Å². The van der Waals surface area contributed by atoms with E-state index in [0.29, 0.717) is 17.2 Å². The van der Waals surface area contributed by atoms with Crippen molar-refractivity contribution in [2.45, 2.75) is 13.3 Å². The van der Waals surface area contributed by atoms with Gasteiger partial charge in [-0.1, -0.05) is 25.1 Å². The fraction of sp³-hybridized carbons (Fsp3) is 0.100. The summed E-state index contributed by atoms with van der Waals surface area (Å²) in [5.74, 6) is -0.0282. The van der Waals surface area contributed by atoms with Gasteiger partial charge in [-0.05, 0) is 48.4 Å². The van der Waals surface area contributed by atoms with Gasteiger partial charge in [-0.3, -0.25) is 4.79 Å². The number of carbonyl (C=O) groups is 1. The summed E-state index contributed by atoms with van der Waals surface area (Å²) < 4.78 is 0. The minimum Gasteiger partial charge on any atom is -0.324 e. The average Bonchev–Trinajstić information content (AvgIpc) is 2.69. The molecule has 0 aliphatic carbocycles. The Morgan fingerprint density at radius 2 is 1.92 bits per heavy atom. The molecule has 1 aromatic heterocycles. The molecule has 6 heteroatoms. The van der Waals surface area contributed by atoms with Crippen LogP contribution in [0.25, 0.3) is 0 Å². The van der Waals surface area contributed by atoms with Crippen LogP contribution in [0, 0.1) is 11.3 Å². The number of aromatic nitrogens is 2. The van der Waals surface area contributed by atoms with Crippen molar-refractivity contribution in [3.63, 3.8) is 0 Å². The number of nitriles is 1. The minimum atomic E-state index is -0.369. The van der Waals surface area contributed by atoms with Crippen LogP contribution >= 0.6 is 0 Å². The molecule has 0 unspecified atom stereocenters. The van der Waals surface area contributed by atoms with Crippen molar-refractivity contribution < 1.29 is 4.79 Å². The number of amides is 1. The SMILES string of the molecule is CCc1ccc(Nc2nccc(C(=O)Nc3cccc(C#N)c3)n2)cc1. The molecule has 0 saturated heterocycles. The summed E-state index contributed by atoms with van der Waals surface area (Å²) in [7, 11) is 0. The van der Waals surface area contributed by atoms with Crippen molar-refractivity contribution in [3.8, 4) is 6.07 Å². The van der Waals surface area contributed by atoms with Crippen molar-refractivity contribution in [1.29, 1.82) is 5.26 Å². The van der Waals surface area contributed by atoms with E-state index >= 15 is 0 Å². The standard InChI is InChI=1S/C20H17N5O/c1-2-14-6-8-16(9-7-14)24-20-22-11-10-18(25-20)19(26)23-17-5-3-4-15(12-17)13-21/h3-12H,2H2,1H3,(H,23,26)(H,22,24,25). The fourth-order valence-corrected chi connectivity index (χ4v) is 2.36. The smallest absolute Gasteiger partial charge is 0.274 e. The zero-order chi connectivity index (χ0) is 18.4. The van der Waals surface area contributed by atoms with Crippen LogP contribution in [0.15, 0.2) is 60.8 Å². The Kier molecular flexibility index (Phi) is 5.20. The third kappa shape index (κ3) is 4.22. The second-order valence-electron chi connectivity index (χ2n) is 5.59. The monoisotopic (exact) mass is 343 g/mol. The van der Waals surface area contributed by atoms with Gasteiger partial charge in [0.05, 0.1) is 11.6 Å². The predicted molar refractivity (Wildman–Crippen MR) is 100 cm³/mol. The lowest BCUT2D eigenvalue weighted by molar-refractivity contribution is 0.102. The van der Waals surface area contributed by atoms with Crippen molar-refractivity contribution in [3.05, 3.63) is 77.6 Å². The Hall–Kier alpha value is -3.72. The van der Waals surface area contributed by atoms with Gasteiger partial charge in [0.1, 0.15) is 5.69 Å². The Morgan fingerprint density at radius 3 is 2.65 bits per heavy atom. The van der Waals surface area contributed by atoms with E-state index < -0.39 is 0 Å². The third-order valence-corrected chi connectivity index (χ3v) is 3.76. The highest BCUT2D eigenvalue weighted by Crippen LogP contribution is 2.15. The van der Waals surface area contributed by atoms with Crippen LogP contribution in [0.3, 0.4) is 0 Å². The number of aryl methyl sites for hydroxylation is 1. The third-order valence-electron chi connectivity index (χ3n) is 3.76. The maximum Gasteiger partial charge on any atom is 0.274 e. The largest absolute Gasteiger partial charge is 0.324 e. The van der Waals surface area contributed by atoms with Gasteiger partial charge < -0.3 is 10.6 Å². The fourth-order valence-electron chi connectivity index (χ4n) is 2.36. The summed E-state index contributed by atoms with van der Waals surface area (Å²) in [5.41, 5.74) is 3.33. The summed E-state index contributed by atoms with van der Waals surface area (Å²) in [5, 5.41) is 14.7. The van der Waals surface area contributed by atoms with Crippen molar-refractivity contribution in [2.75, 3.05) is 10.6 Å². The van der Waals surface area contributed by atoms with E-state index in [9.17, 15) is 4.79 Å². The van der Waals surface area contributed by atoms with Crippen LogP contribution in [0.5, 0.6) is 0 Å². The molecular formula is C20H17N5O. The first kappa shape index (κ1) is 17.1. The first-order chi connectivity index (χ1) is 12.7. The molecule has 3 rings (SSSR count). The Balaban J connectivity index is 1.73. The molecule has 0 aliphatic heterocycles. The lowest BCUT2D eigenvalue weighted by Gasteiger charge is -2.08. The summed E-state index contributed by atoms with van der Waals surface area (Å²) in [4.78, 5) is 20.8. The van der Waals surface area contributed by atoms with E-state index in [1.807, 2.05) is 30.3 Å². The minimum absolute atomic E-state index is 0.232. The zero-order valence-electron chi connectivity index (χ0n) is 14.2. The summed E-state index contributed by atoms with van der Waals surface area (Å²) in [6.45, 7) is 2.10. The highest BCUT2D eigenvalue weighted by Gasteiger charge is 2.10. The predicted octanol–water partition coefficient (Wildman–Crippen LogP) is 3.91. The van der Waals surface area contributed by atoms with E-state index in [4.69, 9.17) is 5.26 Å². The lowest BCUT2D eigenvalue weighted by atomic mass is 10.1. The number of benzene rings is 2. The molecule has 6 nitrogen and oxygen atoms in total. The first-order valence-electron chi connectivity index (χ1n) is 8.18. The number of carbonyl (C=O) groups excluding carboxylic acids is 1. The van der Waals surface area contributed by atoms with Gasteiger partial charge in [0.2, 0.25) is 5.95 Å². The molecule has 0 bridgehead atoms. The normalized spacial score (nSPS) is 10.0. The number of nitrogens with zero attached hydrogens (tertiary/aromatic N) is 3. The van der Waals surface area contributed by atoms with Gasteiger partial charge in [-0.25, -0.2) is 9.97 Å². The summed E-state index contributed by atoms with van der Waals surface area (Å²) >= 11 is 0. The van der Waals surface area contributed by atoms with Crippen molar-refractivity contribution >= 4 is 23.2 Å². The Labute approximate surface area is 151 Å². The Bertz CT molecular complexity index is 960. The van der Waals surface area contributed by atoms with E-state index in [-0.39, 0.29) is 11.6 Å². The molecule has 0 saturated carbocycles. The molecule has 3 aromatic rings. The molecule has 1 amide bonds. The summed E-state index contributed by atoms with van der Waals surface area (Å²) in [6, 6.07) is 18.2. The highest BCUT2D eigenvalue weighted by atomic mass is 16.1. The van der Waals surface area contributed by atoms with E-state index in [1.54, 1.807) is 24.3 Å². The highest BCUT2D eigenvalue weighted by molar-refractivity contribution is 6.03. The molecule has 26 heavy (non-hydrogen) atoms. The van der Waals surface area contributed by atoms with E-state index in [0.717, 1.165) is 12.1 Å². The molecule has 1 heterocycles. The van der Waals surface area contributed by atoms with Gasteiger partial charge in [-0.15, -0.1) is 0 Å². The number of rotatable bonds is 5.